The number of halogens is 3. The first kappa shape index (κ1) is 23.7. The van der Waals surface area contributed by atoms with Gasteiger partial charge in [-0.05, 0) is 60.8 Å². The summed E-state index contributed by atoms with van der Waals surface area (Å²) in [5.41, 5.74) is 1.28. The molecule has 2 amide bonds. The maximum absolute atomic E-state index is 14.4. The average molecular weight is 524 g/mol. The predicted octanol–water partition coefficient (Wildman–Crippen LogP) is 5.73. The van der Waals surface area contributed by atoms with E-state index in [1.807, 2.05) is 6.07 Å². The van der Waals surface area contributed by atoms with E-state index in [1.165, 1.54) is 17.0 Å². The first-order chi connectivity index (χ1) is 17.2. The third kappa shape index (κ3) is 4.12. The van der Waals surface area contributed by atoms with E-state index in [-0.39, 0.29) is 22.3 Å². The van der Waals surface area contributed by atoms with Crippen molar-refractivity contribution in [1.29, 1.82) is 0 Å². The van der Waals surface area contributed by atoms with E-state index in [0.717, 1.165) is 6.07 Å². The van der Waals surface area contributed by atoms with Crippen LogP contribution in [0.2, 0.25) is 5.02 Å². The second-order valence-electron chi connectivity index (χ2n) is 7.91. The molecule has 5 rings (SSSR count). The number of nitrogens with one attached hydrogen (secondary N) is 1. The molecule has 1 aliphatic rings. The van der Waals surface area contributed by atoms with Crippen molar-refractivity contribution in [2.24, 2.45) is 7.05 Å². The Bertz CT molecular complexity index is 1600. The Labute approximate surface area is 214 Å². The topological polar surface area (TPSA) is 63.6 Å². The molecule has 36 heavy (non-hydrogen) atoms. The van der Waals surface area contributed by atoms with Gasteiger partial charge in [-0.15, -0.1) is 0 Å². The van der Waals surface area contributed by atoms with Crippen LogP contribution in [0, 0.1) is 11.6 Å². The lowest BCUT2D eigenvalue weighted by Crippen LogP contribution is -2.54. The van der Waals surface area contributed by atoms with Crippen LogP contribution in [0.3, 0.4) is 0 Å². The van der Waals surface area contributed by atoms with Gasteiger partial charge in [-0.25, -0.2) is 8.78 Å². The number of hydrogen-bond donors (Lipinski definition) is 1. The van der Waals surface area contributed by atoms with E-state index in [1.54, 1.807) is 54.1 Å². The van der Waals surface area contributed by atoms with Crippen LogP contribution in [0.4, 0.5) is 14.5 Å². The van der Waals surface area contributed by atoms with Gasteiger partial charge >= 0.3 is 0 Å². The van der Waals surface area contributed by atoms with Crippen molar-refractivity contribution in [3.63, 3.8) is 0 Å². The number of rotatable bonds is 4. The molecule has 0 bridgehead atoms. The smallest absolute Gasteiger partial charge is 0.270 e. The van der Waals surface area contributed by atoms with Crippen molar-refractivity contribution in [2.75, 3.05) is 4.90 Å². The zero-order valence-corrected chi connectivity index (χ0v) is 20.2. The third-order valence-electron chi connectivity index (χ3n) is 5.67. The summed E-state index contributed by atoms with van der Waals surface area (Å²) in [6.07, 6.45) is 1.38. The molecule has 0 spiro atoms. The van der Waals surface area contributed by atoms with Gasteiger partial charge in [-0.3, -0.25) is 19.8 Å². The summed E-state index contributed by atoms with van der Waals surface area (Å²) in [4.78, 5) is 27.5. The number of fused-ring (bicyclic) bond motifs is 1. The molecule has 0 saturated carbocycles. The van der Waals surface area contributed by atoms with Crippen molar-refractivity contribution in [2.45, 2.75) is 0 Å². The minimum Gasteiger partial charge on any atom is -0.437 e. The summed E-state index contributed by atoms with van der Waals surface area (Å²) >= 11 is 11.2. The monoisotopic (exact) mass is 523 g/mol. The van der Waals surface area contributed by atoms with Crippen molar-refractivity contribution < 1.29 is 23.1 Å². The second-order valence-corrected chi connectivity index (χ2v) is 8.73. The number of carbonyl (C=O) groups excluding carboxylic acids is 2. The van der Waals surface area contributed by atoms with Gasteiger partial charge in [0, 0.05) is 29.1 Å². The second kappa shape index (κ2) is 9.18. The molecular weight excluding hydrogens is 508 g/mol. The van der Waals surface area contributed by atoms with Crippen LogP contribution in [-0.4, -0.2) is 21.5 Å². The normalized spacial score (nSPS) is 15.1. The number of nitrogens with zero attached hydrogens (tertiary/aromatic N) is 2. The number of para-hydroxylation sites is 1. The average Bonchev–Trinajstić information content (AvgIpc) is 3.10. The Morgan fingerprint density at radius 3 is 2.47 bits per heavy atom. The molecule has 3 aromatic carbocycles. The molecule has 4 aromatic rings. The lowest BCUT2D eigenvalue weighted by Gasteiger charge is -2.29. The van der Waals surface area contributed by atoms with Crippen LogP contribution in [0.15, 0.2) is 72.3 Å². The maximum Gasteiger partial charge on any atom is 0.270 e. The van der Waals surface area contributed by atoms with Crippen molar-refractivity contribution in [3.05, 3.63) is 94.5 Å². The SMILES string of the molecule is Cn1c(Oc2ccc(F)cc2F)c(C=C2C(=O)NC(=S)N(c3ccc(Cl)cc3)C2=O)c2ccccc21. The molecule has 1 aliphatic heterocycles. The molecule has 10 heteroatoms. The van der Waals surface area contributed by atoms with E-state index >= 15 is 0 Å². The van der Waals surface area contributed by atoms with Crippen LogP contribution in [0.5, 0.6) is 11.6 Å². The zero-order valence-electron chi connectivity index (χ0n) is 18.6. The number of anilines is 1. The van der Waals surface area contributed by atoms with Crippen LogP contribution >= 0.6 is 23.8 Å². The minimum absolute atomic E-state index is 0.0766. The molecule has 0 radical (unpaired) electrons. The largest absolute Gasteiger partial charge is 0.437 e. The highest BCUT2D eigenvalue weighted by molar-refractivity contribution is 7.80. The minimum atomic E-state index is -0.899. The Balaban J connectivity index is 1.65. The van der Waals surface area contributed by atoms with Gasteiger partial charge in [0.05, 0.1) is 11.2 Å². The highest BCUT2D eigenvalue weighted by Gasteiger charge is 2.35. The molecule has 2 heterocycles. The van der Waals surface area contributed by atoms with E-state index < -0.39 is 23.4 Å². The lowest BCUT2D eigenvalue weighted by molar-refractivity contribution is -0.122. The molecular formula is C26H16ClF2N3O3S. The van der Waals surface area contributed by atoms with Crippen molar-refractivity contribution >= 4 is 63.4 Å². The van der Waals surface area contributed by atoms with Gasteiger partial charge in [0.25, 0.3) is 11.8 Å². The summed E-state index contributed by atoms with van der Waals surface area (Å²) in [5.74, 6) is -3.06. The molecule has 0 unspecified atom stereocenters. The number of amides is 2. The number of aryl methyl sites for hydroxylation is 1. The number of benzene rings is 3. The van der Waals surface area contributed by atoms with Crippen LogP contribution in [0.1, 0.15) is 5.56 Å². The summed E-state index contributed by atoms with van der Waals surface area (Å²) in [5, 5.41) is 3.57. The summed E-state index contributed by atoms with van der Waals surface area (Å²) in [6.45, 7) is 0. The van der Waals surface area contributed by atoms with Crippen LogP contribution < -0.4 is 15.0 Å². The van der Waals surface area contributed by atoms with Gasteiger partial charge in [0.1, 0.15) is 11.4 Å². The van der Waals surface area contributed by atoms with Gasteiger partial charge in [0.2, 0.25) is 5.88 Å². The maximum atomic E-state index is 14.4. The third-order valence-corrected chi connectivity index (χ3v) is 6.20. The lowest BCUT2D eigenvalue weighted by atomic mass is 10.1. The molecule has 180 valence electrons. The van der Waals surface area contributed by atoms with Gasteiger partial charge < -0.3 is 9.30 Å². The van der Waals surface area contributed by atoms with E-state index in [4.69, 9.17) is 28.6 Å². The Morgan fingerprint density at radius 2 is 1.75 bits per heavy atom. The van der Waals surface area contributed by atoms with Gasteiger partial charge in [0.15, 0.2) is 16.7 Å². The Morgan fingerprint density at radius 1 is 1.03 bits per heavy atom. The first-order valence-electron chi connectivity index (χ1n) is 10.6. The van der Waals surface area contributed by atoms with Crippen LogP contribution in [-0.2, 0) is 16.6 Å². The van der Waals surface area contributed by atoms with Gasteiger partial charge in [-0.2, -0.15) is 0 Å². The fourth-order valence-corrected chi connectivity index (χ4v) is 4.36. The number of carbonyl (C=O) groups is 2. The summed E-state index contributed by atoms with van der Waals surface area (Å²) in [7, 11) is 1.69. The Hall–Kier alpha value is -4.08. The number of aromatic nitrogens is 1. The van der Waals surface area contributed by atoms with Crippen molar-refractivity contribution in [1.82, 2.24) is 9.88 Å². The highest BCUT2D eigenvalue weighted by atomic mass is 35.5. The predicted molar refractivity (Wildman–Crippen MR) is 137 cm³/mol. The molecule has 1 N–H and O–H groups in total. The first-order valence-corrected chi connectivity index (χ1v) is 11.4. The van der Waals surface area contributed by atoms with E-state index in [0.29, 0.717) is 33.2 Å². The zero-order chi connectivity index (χ0) is 25.6. The fourth-order valence-electron chi connectivity index (χ4n) is 3.95. The van der Waals surface area contributed by atoms with Crippen LogP contribution in [0.25, 0.3) is 17.0 Å². The summed E-state index contributed by atoms with van der Waals surface area (Å²) in [6, 6.07) is 16.5. The summed E-state index contributed by atoms with van der Waals surface area (Å²) < 4.78 is 35.3. The standard InChI is InChI=1S/C26H16ClF2N3O3S/c1-31-21-5-3-2-4-17(21)18(25(31)35-22-11-8-15(28)12-20(22)29)13-19-23(33)30-26(36)32(24(19)34)16-9-6-14(27)7-10-16/h2-13H,1H3,(H,30,33,36). The molecule has 1 saturated heterocycles. The van der Waals surface area contributed by atoms with Gasteiger partial charge in [-0.1, -0.05) is 29.8 Å². The highest BCUT2D eigenvalue weighted by Crippen LogP contribution is 2.37. The molecule has 0 aliphatic carbocycles. The molecule has 0 atom stereocenters. The van der Waals surface area contributed by atoms with Crippen molar-refractivity contribution in [3.8, 4) is 11.6 Å². The van der Waals surface area contributed by atoms with E-state index in [9.17, 15) is 18.4 Å². The molecule has 1 fully saturated rings. The Kier molecular flexibility index (Phi) is 6.03. The number of hydrogen-bond acceptors (Lipinski definition) is 4. The quantitative estimate of drug-likeness (QED) is 0.211. The molecule has 6 nitrogen and oxygen atoms in total. The van der Waals surface area contributed by atoms with E-state index in [2.05, 4.69) is 5.32 Å². The number of ether oxygens (including phenoxy) is 1. The number of thiocarbonyl (C=S) groups is 1. The fraction of sp³-hybridized carbons (Fsp3) is 0.0385. The molecule has 1 aromatic heterocycles.